The first-order chi connectivity index (χ1) is 6.77. The van der Waals surface area contributed by atoms with E-state index in [1.54, 1.807) is 11.3 Å². The fourth-order valence-corrected chi connectivity index (χ4v) is 3.32. The van der Waals surface area contributed by atoms with E-state index in [1.807, 2.05) is 0 Å². The molecule has 1 unspecified atom stereocenters. The van der Waals surface area contributed by atoms with Crippen LogP contribution < -0.4 is 0 Å². The zero-order chi connectivity index (χ0) is 9.97. The van der Waals surface area contributed by atoms with Gasteiger partial charge in [-0.15, -0.1) is 11.3 Å². The molecule has 0 spiro atoms. The summed E-state index contributed by atoms with van der Waals surface area (Å²) in [5, 5.41) is 12.1. The largest absolute Gasteiger partial charge is 0.388 e. The number of thiophene rings is 1. The summed E-state index contributed by atoms with van der Waals surface area (Å²) in [6.07, 6.45) is 6.13. The second-order valence-corrected chi connectivity index (χ2v) is 5.32. The van der Waals surface area contributed by atoms with E-state index in [0.29, 0.717) is 0 Å². The molecule has 0 radical (unpaired) electrons. The molecule has 0 amide bonds. The Labute approximate surface area is 89.8 Å². The van der Waals surface area contributed by atoms with Crippen molar-refractivity contribution in [1.82, 2.24) is 0 Å². The molecule has 1 aliphatic rings. The molecule has 14 heavy (non-hydrogen) atoms. The van der Waals surface area contributed by atoms with Crippen LogP contribution in [-0.4, -0.2) is 5.11 Å². The Balaban J connectivity index is 1.95. The van der Waals surface area contributed by atoms with Crippen molar-refractivity contribution in [2.24, 2.45) is 5.92 Å². The van der Waals surface area contributed by atoms with Crippen LogP contribution in [0.4, 0.5) is 0 Å². The third-order valence-electron chi connectivity index (χ3n) is 3.24. The van der Waals surface area contributed by atoms with E-state index in [2.05, 4.69) is 18.4 Å². The first-order valence-electron chi connectivity index (χ1n) is 5.49. The van der Waals surface area contributed by atoms with E-state index in [0.717, 1.165) is 12.3 Å². The molecule has 0 aromatic carbocycles. The van der Waals surface area contributed by atoms with Crippen LogP contribution in [0.3, 0.4) is 0 Å². The van der Waals surface area contributed by atoms with Crippen molar-refractivity contribution in [3.63, 3.8) is 0 Å². The van der Waals surface area contributed by atoms with Gasteiger partial charge in [0.1, 0.15) is 0 Å². The predicted molar refractivity (Wildman–Crippen MR) is 60.6 cm³/mol. The Morgan fingerprint density at radius 2 is 2.21 bits per heavy atom. The lowest BCUT2D eigenvalue weighted by Gasteiger charge is -2.14. The summed E-state index contributed by atoms with van der Waals surface area (Å²) in [7, 11) is 0. The van der Waals surface area contributed by atoms with E-state index in [1.165, 1.54) is 36.1 Å². The van der Waals surface area contributed by atoms with Crippen LogP contribution in [0.1, 0.15) is 48.6 Å². The molecule has 1 aromatic rings. The minimum atomic E-state index is -0.210. The van der Waals surface area contributed by atoms with E-state index < -0.39 is 0 Å². The number of aliphatic hydroxyl groups excluding tert-OH is 1. The fraction of sp³-hybridized carbons (Fsp3) is 0.667. The summed E-state index contributed by atoms with van der Waals surface area (Å²) < 4.78 is 0. The fourth-order valence-electron chi connectivity index (χ4n) is 2.39. The van der Waals surface area contributed by atoms with Gasteiger partial charge in [-0.25, -0.2) is 0 Å². The highest BCUT2D eigenvalue weighted by molar-refractivity contribution is 7.10. The van der Waals surface area contributed by atoms with Gasteiger partial charge in [0.2, 0.25) is 0 Å². The average molecular weight is 210 g/mol. The lowest BCUT2D eigenvalue weighted by atomic mass is 9.98. The number of aliphatic hydroxyl groups is 1. The van der Waals surface area contributed by atoms with Gasteiger partial charge in [0.05, 0.1) is 6.10 Å². The van der Waals surface area contributed by atoms with Crippen LogP contribution in [0.15, 0.2) is 11.4 Å². The second-order valence-electron chi connectivity index (χ2n) is 4.37. The topological polar surface area (TPSA) is 20.2 Å². The highest BCUT2D eigenvalue weighted by atomic mass is 32.1. The summed E-state index contributed by atoms with van der Waals surface area (Å²) in [6, 6.07) is 2.10. The number of aryl methyl sites for hydroxylation is 1. The molecule has 1 atom stereocenters. The molecule has 0 aliphatic heterocycles. The van der Waals surface area contributed by atoms with Crippen LogP contribution in [-0.2, 0) is 0 Å². The Kier molecular flexibility index (Phi) is 3.24. The Morgan fingerprint density at radius 3 is 2.79 bits per heavy atom. The number of rotatable bonds is 3. The molecule has 2 rings (SSSR count). The smallest absolute Gasteiger partial charge is 0.0887 e. The van der Waals surface area contributed by atoms with Gasteiger partial charge >= 0.3 is 0 Å². The van der Waals surface area contributed by atoms with Crippen molar-refractivity contribution in [3.05, 3.63) is 21.9 Å². The third kappa shape index (κ3) is 2.18. The van der Waals surface area contributed by atoms with E-state index >= 15 is 0 Å². The second kappa shape index (κ2) is 4.45. The lowest BCUT2D eigenvalue weighted by molar-refractivity contribution is 0.148. The number of hydrogen-bond donors (Lipinski definition) is 1. The van der Waals surface area contributed by atoms with Crippen molar-refractivity contribution < 1.29 is 5.11 Å². The van der Waals surface area contributed by atoms with Crippen molar-refractivity contribution in [1.29, 1.82) is 0 Å². The highest BCUT2D eigenvalue weighted by Gasteiger charge is 2.21. The van der Waals surface area contributed by atoms with E-state index in [-0.39, 0.29) is 6.10 Å². The molecule has 2 heteroatoms. The van der Waals surface area contributed by atoms with Crippen molar-refractivity contribution >= 4 is 11.3 Å². The monoisotopic (exact) mass is 210 g/mol. The third-order valence-corrected chi connectivity index (χ3v) is 4.36. The molecule has 78 valence electrons. The van der Waals surface area contributed by atoms with Crippen molar-refractivity contribution in [2.75, 3.05) is 0 Å². The minimum absolute atomic E-state index is 0.210. The molecular weight excluding hydrogens is 192 g/mol. The summed E-state index contributed by atoms with van der Waals surface area (Å²) in [4.78, 5) is 1.18. The Hall–Kier alpha value is -0.340. The van der Waals surface area contributed by atoms with Gasteiger partial charge in [-0.05, 0) is 36.3 Å². The summed E-state index contributed by atoms with van der Waals surface area (Å²) in [5.41, 5.74) is 1.25. The molecule has 0 bridgehead atoms. The average Bonchev–Trinajstić information content (AvgIpc) is 2.75. The van der Waals surface area contributed by atoms with E-state index in [9.17, 15) is 5.11 Å². The molecule has 1 N–H and O–H groups in total. The molecule has 0 saturated heterocycles. The maximum Gasteiger partial charge on any atom is 0.0887 e. The van der Waals surface area contributed by atoms with Crippen molar-refractivity contribution in [2.45, 2.75) is 45.1 Å². The van der Waals surface area contributed by atoms with Crippen LogP contribution in [0.5, 0.6) is 0 Å². The molecule has 1 aromatic heterocycles. The lowest BCUT2D eigenvalue weighted by Crippen LogP contribution is -2.03. The zero-order valence-corrected chi connectivity index (χ0v) is 9.52. The van der Waals surface area contributed by atoms with Gasteiger partial charge in [0.15, 0.2) is 0 Å². The molecule has 1 saturated carbocycles. The predicted octanol–water partition coefficient (Wildman–Crippen LogP) is 3.67. The normalized spacial score (nSPS) is 20.1. The molecule has 1 heterocycles. The maximum atomic E-state index is 10.1. The van der Waals surface area contributed by atoms with Crippen molar-refractivity contribution in [3.8, 4) is 0 Å². The van der Waals surface area contributed by atoms with Gasteiger partial charge in [-0.3, -0.25) is 0 Å². The van der Waals surface area contributed by atoms with Gasteiger partial charge in [0.25, 0.3) is 0 Å². The zero-order valence-electron chi connectivity index (χ0n) is 8.70. The van der Waals surface area contributed by atoms with Crippen LogP contribution >= 0.6 is 11.3 Å². The van der Waals surface area contributed by atoms with Crippen LogP contribution in [0.2, 0.25) is 0 Å². The highest BCUT2D eigenvalue weighted by Crippen LogP contribution is 2.35. The first kappa shape index (κ1) is 10.2. The Bertz CT molecular complexity index is 286. The van der Waals surface area contributed by atoms with Crippen LogP contribution in [0.25, 0.3) is 0 Å². The van der Waals surface area contributed by atoms with Gasteiger partial charge in [-0.1, -0.05) is 25.7 Å². The maximum absolute atomic E-state index is 10.1. The van der Waals surface area contributed by atoms with Gasteiger partial charge in [0, 0.05) is 4.88 Å². The SMILES string of the molecule is Cc1ccsc1C(O)CC1CCCC1. The summed E-state index contributed by atoms with van der Waals surface area (Å²) in [6.45, 7) is 2.09. The molecule has 1 nitrogen and oxygen atoms in total. The molecule has 1 fully saturated rings. The van der Waals surface area contributed by atoms with Crippen LogP contribution in [0, 0.1) is 12.8 Å². The van der Waals surface area contributed by atoms with E-state index in [4.69, 9.17) is 0 Å². The first-order valence-corrected chi connectivity index (χ1v) is 6.37. The molecule has 1 aliphatic carbocycles. The Morgan fingerprint density at radius 1 is 1.50 bits per heavy atom. The molecular formula is C12H18OS. The summed E-state index contributed by atoms with van der Waals surface area (Å²) in [5.74, 6) is 0.770. The number of hydrogen-bond acceptors (Lipinski definition) is 2. The summed E-state index contributed by atoms with van der Waals surface area (Å²) >= 11 is 1.69. The minimum Gasteiger partial charge on any atom is -0.388 e. The van der Waals surface area contributed by atoms with Gasteiger partial charge in [-0.2, -0.15) is 0 Å². The standard InChI is InChI=1S/C12H18OS/c1-9-6-7-14-12(9)11(13)8-10-4-2-3-5-10/h6-7,10-11,13H,2-5,8H2,1H3. The van der Waals surface area contributed by atoms with Gasteiger partial charge < -0.3 is 5.11 Å². The quantitative estimate of drug-likeness (QED) is 0.807.